The van der Waals surface area contributed by atoms with Gasteiger partial charge in [0, 0.05) is 6.42 Å². The van der Waals surface area contributed by atoms with Crippen molar-refractivity contribution in [2.24, 2.45) is 5.92 Å². The molecule has 3 rings (SSSR count). The number of aryl methyl sites for hydroxylation is 1. The Bertz CT molecular complexity index is 731. The average Bonchev–Trinajstić information content (AvgIpc) is 2.78. The van der Waals surface area contributed by atoms with Crippen molar-refractivity contribution in [1.82, 2.24) is 0 Å². The van der Waals surface area contributed by atoms with Crippen LogP contribution in [0.3, 0.4) is 0 Å². The molecule has 0 aromatic heterocycles. The van der Waals surface area contributed by atoms with Crippen molar-refractivity contribution in [3.05, 3.63) is 65.2 Å². The molecular weight excluding hydrogens is 360 g/mol. The van der Waals surface area contributed by atoms with E-state index in [0.29, 0.717) is 18.9 Å². The van der Waals surface area contributed by atoms with Gasteiger partial charge >= 0.3 is 5.97 Å². The summed E-state index contributed by atoms with van der Waals surface area (Å²) < 4.78 is 10.5. The number of benzene rings is 2. The summed E-state index contributed by atoms with van der Waals surface area (Å²) >= 11 is 0. The molecule has 0 unspecified atom stereocenters. The van der Waals surface area contributed by atoms with Gasteiger partial charge in [0.1, 0.15) is 12.4 Å². The van der Waals surface area contributed by atoms with E-state index >= 15 is 0 Å². The lowest BCUT2D eigenvalue weighted by Gasteiger charge is -2.29. The molecule has 0 N–H and O–H groups in total. The van der Waals surface area contributed by atoms with E-state index in [4.69, 9.17) is 9.47 Å². The zero-order valence-corrected chi connectivity index (χ0v) is 18.4. The fourth-order valence-electron chi connectivity index (χ4n) is 3.88. The van der Waals surface area contributed by atoms with E-state index in [0.717, 1.165) is 17.2 Å². The first-order valence-corrected chi connectivity index (χ1v) is 10.9. The van der Waals surface area contributed by atoms with E-state index in [1.807, 2.05) is 30.3 Å². The summed E-state index contributed by atoms with van der Waals surface area (Å²) in [5.74, 6) is 2.61. The number of carbonyl (C=O) groups excluding carboxylic acids is 1. The van der Waals surface area contributed by atoms with Gasteiger partial charge in [0.2, 0.25) is 0 Å². The molecule has 0 aliphatic heterocycles. The van der Waals surface area contributed by atoms with E-state index in [1.165, 1.54) is 43.2 Å². The largest absolute Gasteiger partial charge is 0.496 e. The van der Waals surface area contributed by atoms with E-state index in [9.17, 15) is 4.79 Å². The van der Waals surface area contributed by atoms with Gasteiger partial charge in [-0.3, -0.25) is 4.79 Å². The highest BCUT2D eigenvalue weighted by molar-refractivity contribution is 5.68. The van der Waals surface area contributed by atoms with Crippen LogP contribution in [0, 0.1) is 12.8 Å². The van der Waals surface area contributed by atoms with Crippen LogP contribution in [0.5, 0.6) is 5.75 Å². The minimum Gasteiger partial charge on any atom is -0.496 e. The Balaban J connectivity index is 0.000000221. The van der Waals surface area contributed by atoms with Crippen molar-refractivity contribution in [3.63, 3.8) is 0 Å². The number of rotatable bonds is 6. The molecule has 1 fully saturated rings. The van der Waals surface area contributed by atoms with Gasteiger partial charge < -0.3 is 9.47 Å². The van der Waals surface area contributed by atoms with Gasteiger partial charge in [0.25, 0.3) is 0 Å². The maximum atomic E-state index is 10.8. The third-order valence-corrected chi connectivity index (χ3v) is 5.78. The first-order chi connectivity index (χ1) is 14.1. The number of ether oxygens (including phenoxy) is 2. The highest BCUT2D eigenvalue weighted by atomic mass is 16.5. The molecule has 1 saturated carbocycles. The summed E-state index contributed by atoms with van der Waals surface area (Å²) in [4.78, 5) is 10.8. The monoisotopic (exact) mass is 396 g/mol. The lowest BCUT2D eigenvalue weighted by Crippen LogP contribution is -2.13. The van der Waals surface area contributed by atoms with Crippen molar-refractivity contribution < 1.29 is 14.3 Å². The van der Waals surface area contributed by atoms with Gasteiger partial charge in [0.05, 0.1) is 7.11 Å². The summed E-state index contributed by atoms with van der Waals surface area (Å²) in [7, 11) is 1.79. The number of hydrogen-bond donors (Lipinski definition) is 0. The highest BCUT2D eigenvalue weighted by Crippen LogP contribution is 2.40. The van der Waals surface area contributed by atoms with Crippen molar-refractivity contribution in [2.75, 3.05) is 7.11 Å². The van der Waals surface area contributed by atoms with Gasteiger partial charge in [-0.2, -0.15) is 0 Å². The zero-order chi connectivity index (χ0) is 21.1. The fraction of sp³-hybridized carbons (Fsp3) is 0.500. The summed E-state index contributed by atoms with van der Waals surface area (Å²) in [6.07, 6.45) is 7.22. The van der Waals surface area contributed by atoms with Crippen LogP contribution in [-0.2, 0) is 16.1 Å². The molecule has 0 bridgehead atoms. The van der Waals surface area contributed by atoms with Crippen LogP contribution in [0.25, 0.3) is 0 Å². The zero-order valence-electron chi connectivity index (χ0n) is 18.4. The van der Waals surface area contributed by atoms with E-state index < -0.39 is 0 Å². The van der Waals surface area contributed by atoms with Gasteiger partial charge in [-0.05, 0) is 67.2 Å². The lowest BCUT2D eigenvalue weighted by molar-refractivity contribution is -0.144. The van der Waals surface area contributed by atoms with Crippen molar-refractivity contribution in [3.8, 4) is 5.75 Å². The van der Waals surface area contributed by atoms with Gasteiger partial charge in [-0.15, -0.1) is 0 Å². The van der Waals surface area contributed by atoms with Crippen LogP contribution < -0.4 is 4.74 Å². The van der Waals surface area contributed by atoms with Crippen molar-refractivity contribution in [2.45, 2.75) is 71.8 Å². The molecule has 0 heterocycles. The molecule has 3 nitrogen and oxygen atoms in total. The van der Waals surface area contributed by atoms with Crippen LogP contribution in [-0.4, -0.2) is 13.1 Å². The van der Waals surface area contributed by atoms with Crippen LogP contribution in [0.1, 0.15) is 75.0 Å². The molecule has 29 heavy (non-hydrogen) atoms. The van der Waals surface area contributed by atoms with Crippen molar-refractivity contribution >= 4 is 5.97 Å². The summed E-state index contributed by atoms with van der Waals surface area (Å²) in [5, 5.41) is 0. The fourth-order valence-corrected chi connectivity index (χ4v) is 3.88. The highest BCUT2D eigenvalue weighted by Gasteiger charge is 2.23. The molecular formula is C26H36O3. The SMILES string of the molecule is CCC(=O)OCc1ccccc1.CCC1CCC(c2ccc(C)cc2OC)CC1. The molecule has 158 valence electrons. The first-order valence-electron chi connectivity index (χ1n) is 10.9. The molecule has 0 amide bonds. The van der Waals surface area contributed by atoms with Crippen LogP contribution in [0.4, 0.5) is 0 Å². The molecule has 2 aromatic rings. The van der Waals surface area contributed by atoms with Gasteiger partial charge in [-0.1, -0.05) is 62.7 Å². The molecule has 0 saturated heterocycles. The Hall–Kier alpha value is -2.29. The molecule has 0 spiro atoms. The Morgan fingerprint density at radius 3 is 2.28 bits per heavy atom. The second kappa shape index (κ2) is 12.3. The van der Waals surface area contributed by atoms with Crippen LogP contribution in [0.2, 0.25) is 0 Å². The molecule has 3 heteroatoms. The Morgan fingerprint density at radius 1 is 1.00 bits per heavy atom. The lowest BCUT2D eigenvalue weighted by atomic mass is 9.77. The normalized spacial score (nSPS) is 18.3. The first kappa shape index (κ1) is 23.0. The summed E-state index contributed by atoms with van der Waals surface area (Å²) in [6.45, 7) is 6.61. The third kappa shape index (κ3) is 7.56. The predicted octanol–water partition coefficient (Wildman–Crippen LogP) is 6.83. The van der Waals surface area contributed by atoms with E-state index in [-0.39, 0.29) is 5.97 Å². The predicted molar refractivity (Wildman–Crippen MR) is 119 cm³/mol. The van der Waals surface area contributed by atoms with E-state index in [2.05, 4.69) is 32.0 Å². The Labute approximate surface area is 176 Å². The van der Waals surface area contributed by atoms with Gasteiger partial charge in [0.15, 0.2) is 0 Å². The summed E-state index contributed by atoms with van der Waals surface area (Å²) in [5.41, 5.74) is 3.74. The van der Waals surface area contributed by atoms with Crippen LogP contribution >= 0.6 is 0 Å². The Kier molecular flexibility index (Phi) is 9.76. The molecule has 0 radical (unpaired) electrons. The maximum Gasteiger partial charge on any atom is 0.305 e. The Morgan fingerprint density at radius 2 is 1.69 bits per heavy atom. The smallest absolute Gasteiger partial charge is 0.305 e. The third-order valence-electron chi connectivity index (χ3n) is 5.78. The molecule has 1 aliphatic carbocycles. The average molecular weight is 397 g/mol. The molecule has 1 aliphatic rings. The summed E-state index contributed by atoms with van der Waals surface area (Å²) in [6, 6.07) is 16.3. The van der Waals surface area contributed by atoms with Gasteiger partial charge in [-0.25, -0.2) is 0 Å². The minimum absolute atomic E-state index is 0.154. The molecule has 2 aromatic carbocycles. The van der Waals surface area contributed by atoms with Crippen molar-refractivity contribution in [1.29, 1.82) is 0 Å². The molecule has 0 atom stereocenters. The van der Waals surface area contributed by atoms with Crippen LogP contribution in [0.15, 0.2) is 48.5 Å². The standard InChI is InChI=1S/C16H24O.C10H12O2/c1-4-13-6-8-14(9-7-13)15-10-5-12(2)11-16(15)17-3;1-2-10(11)12-8-9-6-4-3-5-7-9/h5,10-11,13-14H,4,6-9H2,1-3H3;3-7H,2,8H2,1H3. The number of methoxy groups -OCH3 is 1. The van der Waals surface area contributed by atoms with E-state index in [1.54, 1.807) is 14.0 Å². The quantitative estimate of drug-likeness (QED) is 0.502. The number of hydrogen-bond acceptors (Lipinski definition) is 3. The number of carbonyl (C=O) groups is 1. The second-order valence-electron chi connectivity index (χ2n) is 7.87. The second-order valence-corrected chi connectivity index (χ2v) is 7.87. The topological polar surface area (TPSA) is 35.5 Å². The number of esters is 1. The minimum atomic E-state index is -0.154. The maximum absolute atomic E-state index is 10.8.